The van der Waals surface area contributed by atoms with E-state index >= 15 is 0 Å². The number of carboxylic acids is 1. The van der Waals surface area contributed by atoms with E-state index in [0.29, 0.717) is 6.61 Å². The standard InChI is InChI=1S/C8H16O4/c1-6(2)12-7(3)4-11-5-8(9)10/h6-7H,4-5H2,1-3H3,(H,9,10). The van der Waals surface area contributed by atoms with Crippen LogP contribution in [-0.4, -0.2) is 36.5 Å². The normalized spacial score (nSPS) is 13.3. The van der Waals surface area contributed by atoms with Gasteiger partial charge in [0.2, 0.25) is 0 Å². The van der Waals surface area contributed by atoms with Gasteiger partial charge in [-0.3, -0.25) is 0 Å². The van der Waals surface area contributed by atoms with Crippen molar-refractivity contribution in [3.63, 3.8) is 0 Å². The Labute approximate surface area is 72.5 Å². The number of carbonyl (C=O) groups is 1. The van der Waals surface area contributed by atoms with E-state index in [1.165, 1.54) is 0 Å². The van der Waals surface area contributed by atoms with Crippen LogP contribution in [0.25, 0.3) is 0 Å². The maximum Gasteiger partial charge on any atom is 0.329 e. The third-order valence-corrected chi connectivity index (χ3v) is 1.08. The van der Waals surface area contributed by atoms with E-state index in [1.54, 1.807) is 0 Å². The van der Waals surface area contributed by atoms with Gasteiger partial charge in [-0.05, 0) is 20.8 Å². The smallest absolute Gasteiger partial charge is 0.329 e. The van der Waals surface area contributed by atoms with Crippen LogP contribution in [0.4, 0.5) is 0 Å². The maximum atomic E-state index is 10.0. The molecule has 0 heterocycles. The minimum atomic E-state index is -0.952. The number of rotatable bonds is 6. The van der Waals surface area contributed by atoms with Crippen molar-refractivity contribution < 1.29 is 19.4 Å². The summed E-state index contributed by atoms with van der Waals surface area (Å²) < 4.78 is 10.1. The lowest BCUT2D eigenvalue weighted by Gasteiger charge is -2.15. The first-order valence-electron chi connectivity index (χ1n) is 3.97. The minimum Gasteiger partial charge on any atom is -0.480 e. The number of carboxylic acid groups (broad SMARTS) is 1. The molecule has 1 atom stereocenters. The highest BCUT2D eigenvalue weighted by Crippen LogP contribution is 1.97. The van der Waals surface area contributed by atoms with Gasteiger partial charge in [0.1, 0.15) is 6.61 Å². The van der Waals surface area contributed by atoms with Crippen molar-refractivity contribution in [2.75, 3.05) is 13.2 Å². The summed E-state index contributed by atoms with van der Waals surface area (Å²) in [6, 6.07) is 0. The van der Waals surface area contributed by atoms with E-state index in [0.717, 1.165) is 0 Å². The van der Waals surface area contributed by atoms with Crippen LogP contribution in [0.5, 0.6) is 0 Å². The molecular formula is C8H16O4. The SMILES string of the molecule is CC(C)OC(C)COCC(=O)O. The topological polar surface area (TPSA) is 55.8 Å². The van der Waals surface area contributed by atoms with Crippen LogP contribution in [0, 0.1) is 0 Å². The number of aliphatic carboxylic acids is 1. The molecule has 0 amide bonds. The Morgan fingerprint density at radius 1 is 1.42 bits per heavy atom. The van der Waals surface area contributed by atoms with Gasteiger partial charge in [0.15, 0.2) is 0 Å². The van der Waals surface area contributed by atoms with E-state index in [1.807, 2.05) is 20.8 Å². The Morgan fingerprint density at radius 3 is 2.42 bits per heavy atom. The predicted octanol–water partition coefficient (Wildman–Crippen LogP) is 0.901. The zero-order valence-corrected chi connectivity index (χ0v) is 7.74. The molecule has 0 rings (SSSR count). The molecule has 0 aromatic rings. The monoisotopic (exact) mass is 176 g/mol. The highest BCUT2D eigenvalue weighted by molar-refractivity contribution is 5.67. The number of hydrogen-bond donors (Lipinski definition) is 1. The van der Waals surface area contributed by atoms with Crippen LogP contribution in [-0.2, 0) is 14.3 Å². The van der Waals surface area contributed by atoms with Gasteiger partial charge >= 0.3 is 5.97 Å². The highest BCUT2D eigenvalue weighted by Gasteiger charge is 2.05. The molecule has 0 aromatic heterocycles. The lowest BCUT2D eigenvalue weighted by Crippen LogP contribution is -2.21. The molecular weight excluding hydrogens is 160 g/mol. The van der Waals surface area contributed by atoms with E-state index < -0.39 is 5.97 Å². The van der Waals surface area contributed by atoms with E-state index in [-0.39, 0.29) is 18.8 Å². The van der Waals surface area contributed by atoms with Crippen molar-refractivity contribution in [1.82, 2.24) is 0 Å². The third kappa shape index (κ3) is 7.50. The van der Waals surface area contributed by atoms with Crippen molar-refractivity contribution in [3.8, 4) is 0 Å². The molecule has 12 heavy (non-hydrogen) atoms. The predicted molar refractivity (Wildman–Crippen MR) is 44.1 cm³/mol. The molecule has 0 saturated heterocycles. The fourth-order valence-electron chi connectivity index (χ4n) is 0.816. The number of hydrogen-bond acceptors (Lipinski definition) is 3. The molecule has 72 valence electrons. The fraction of sp³-hybridized carbons (Fsp3) is 0.875. The molecule has 0 aromatic carbocycles. The molecule has 0 radical (unpaired) electrons. The van der Waals surface area contributed by atoms with Gasteiger partial charge in [0.25, 0.3) is 0 Å². The molecule has 0 bridgehead atoms. The van der Waals surface area contributed by atoms with Gasteiger partial charge in [0.05, 0.1) is 18.8 Å². The van der Waals surface area contributed by atoms with E-state index in [2.05, 4.69) is 0 Å². The van der Waals surface area contributed by atoms with Crippen molar-refractivity contribution in [1.29, 1.82) is 0 Å². The summed E-state index contributed by atoms with van der Waals surface area (Å²) >= 11 is 0. The summed E-state index contributed by atoms with van der Waals surface area (Å²) in [6.07, 6.45) is 0.0952. The van der Waals surface area contributed by atoms with Crippen molar-refractivity contribution in [2.24, 2.45) is 0 Å². The zero-order valence-electron chi connectivity index (χ0n) is 7.74. The molecule has 0 aliphatic heterocycles. The van der Waals surface area contributed by atoms with Crippen LogP contribution in [0.2, 0.25) is 0 Å². The Morgan fingerprint density at radius 2 is 2.00 bits per heavy atom. The first kappa shape index (κ1) is 11.4. The fourth-order valence-corrected chi connectivity index (χ4v) is 0.816. The largest absolute Gasteiger partial charge is 0.480 e. The summed E-state index contributed by atoms with van der Waals surface area (Å²) in [6.45, 7) is 5.76. The Balaban J connectivity index is 3.31. The second kappa shape index (κ2) is 5.97. The summed E-state index contributed by atoms with van der Waals surface area (Å²) in [5.74, 6) is -0.952. The van der Waals surface area contributed by atoms with Crippen LogP contribution in [0.15, 0.2) is 0 Å². The van der Waals surface area contributed by atoms with Crippen LogP contribution in [0.3, 0.4) is 0 Å². The summed E-state index contributed by atoms with van der Waals surface area (Å²) in [7, 11) is 0. The Hall–Kier alpha value is -0.610. The van der Waals surface area contributed by atoms with Crippen molar-refractivity contribution >= 4 is 5.97 Å². The summed E-state index contributed by atoms with van der Waals surface area (Å²) in [5.41, 5.74) is 0. The van der Waals surface area contributed by atoms with Crippen LogP contribution in [0.1, 0.15) is 20.8 Å². The van der Waals surface area contributed by atoms with Gasteiger partial charge in [-0.25, -0.2) is 4.79 Å². The lowest BCUT2D eigenvalue weighted by atomic mass is 10.4. The van der Waals surface area contributed by atoms with Gasteiger partial charge in [-0.1, -0.05) is 0 Å². The molecule has 0 aliphatic rings. The molecule has 0 fully saturated rings. The zero-order chi connectivity index (χ0) is 9.56. The van der Waals surface area contributed by atoms with Crippen molar-refractivity contribution in [2.45, 2.75) is 33.0 Å². The summed E-state index contributed by atoms with van der Waals surface area (Å²) in [4.78, 5) is 10.0. The van der Waals surface area contributed by atoms with Crippen LogP contribution < -0.4 is 0 Å². The summed E-state index contributed by atoms with van der Waals surface area (Å²) in [5, 5.41) is 8.24. The molecule has 4 nitrogen and oxygen atoms in total. The van der Waals surface area contributed by atoms with Gasteiger partial charge in [-0.2, -0.15) is 0 Å². The maximum absolute atomic E-state index is 10.0. The molecule has 0 saturated carbocycles. The molecule has 1 unspecified atom stereocenters. The van der Waals surface area contributed by atoms with E-state index in [9.17, 15) is 4.79 Å². The highest BCUT2D eigenvalue weighted by atomic mass is 16.5. The average Bonchev–Trinajstić information content (AvgIpc) is 1.84. The van der Waals surface area contributed by atoms with Gasteiger partial charge in [-0.15, -0.1) is 0 Å². The first-order chi connectivity index (χ1) is 5.52. The molecule has 4 heteroatoms. The second-order valence-corrected chi connectivity index (χ2v) is 2.90. The Bertz CT molecular complexity index is 133. The Kier molecular flexibility index (Phi) is 5.66. The quantitative estimate of drug-likeness (QED) is 0.653. The molecule has 0 spiro atoms. The van der Waals surface area contributed by atoms with Gasteiger partial charge in [0, 0.05) is 0 Å². The molecule has 1 N–H and O–H groups in total. The molecule has 0 aliphatic carbocycles. The van der Waals surface area contributed by atoms with Crippen LogP contribution >= 0.6 is 0 Å². The van der Waals surface area contributed by atoms with Crippen molar-refractivity contribution in [3.05, 3.63) is 0 Å². The minimum absolute atomic E-state index is 0.0515. The van der Waals surface area contributed by atoms with E-state index in [4.69, 9.17) is 14.6 Å². The second-order valence-electron chi connectivity index (χ2n) is 2.90. The average molecular weight is 176 g/mol. The first-order valence-corrected chi connectivity index (χ1v) is 3.97. The third-order valence-electron chi connectivity index (χ3n) is 1.08. The van der Waals surface area contributed by atoms with Gasteiger partial charge < -0.3 is 14.6 Å². The lowest BCUT2D eigenvalue weighted by molar-refractivity contribution is -0.143. The number of ether oxygens (including phenoxy) is 2.